The Morgan fingerprint density at radius 3 is 2.23 bits per heavy atom. The molecule has 0 saturated heterocycles. The van der Waals surface area contributed by atoms with E-state index < -0.39 is 0 Å². The Morgan fingerprint density at radius 1 is 1.00 bits per heavy atom. The highest BCUT2D eigenvalue weighted by Gasteiger charge is 2.14. The molecule has 0 aliphatic heterocycles. The number of hydrogen-bond donors (Lipinski definition) is 2. The lowest BCUT2D eigenvalue weighted by Crippen LogP contribution is -2.30. The topological polar surface area (TPSA) is 68.8 Å². The SMILES string of the molecule is COc1cc(NC(=O)NCCSCc2ccccc2)cc(OC)c1OC. The maximum atomic E-state index is 12.1. The van der Waals surface area contributed by atoms with E-state index in [-0.39, 0.29) is 6.03 Å². The Balaban J connectivity index is 1.80. The van der Waals surface area contributed by atoms with Crippen molar-refractivity contribution in [3.05, 3.63) is 48.0 Å². The molecule has 0 bridgehead atoms. The zero-order valence-electron chi connectivity index (χ0n) is 15.2. The standard InChI is InChI=1S/C19H24N2O4S/c1-23-16-11-15(12-17(24-2)18(16)25-3)21-19(22)20-9-10-26-13-14-7-5-4-6-8-14/h4-8,11-12H,9-10,13H2,1-3H3,(H2,20,21,22). The van der Waals surface area contributed by atoms with Gasteiger partial charge in [0.15, 0.2) is 11.5 Å². The minimum absolute atomic E-state index is 0.278. The molecule has 26 heavy (non-hydrogen) atoms. The van der Waals surface area contributed by atoms with Gasteiger partial charge in [0.05, 0.1) is 27.0 Å². The van der Waals surface area contributed by atoms with Crippen molar-refractivity contribution < 1.29 is 19.0 Å². The normalized spacial score (nSPS) is 10.1. The number of anilines is 1. The summed E-state index contributed by atoms with van der Waals surface area (Å²) in [4.78, 5) is 12.1. The molecule has 2 N–H and O–H groups in total. The Hall–Kier alpha value is -2.54. The second-order valence-corrected chi connectivity index (χ2v) is 6.44. The second kappa shape index (κ2) is 10.5. The number of amides is 2. The smallest absolute Gasteiger partial charge is 0.319 e. The Bertz CT molecular complexity index is 685. The van der Waals surface area contributed by atoms with Gasteiger partial charge in [0.2, 0.25) is 5.75 Å². The third kappa shape index (κ3) is 5.77. The summed E-state index contributed by atoms with van der Waals surface area (Å²) in [5, 5.41) is 5.61. The van der Waals surface area contributed by atoms with E-state index >= 15 is 0 Å². The number of hydrogen-bond acceptors (Lipinski definition) is 5. The van der Waals surface area contributed by atoms with Gasteiger partial charge in [-0.25, -0.2) is 4.79 Å². The van der Waals surface area contributed by atoms with Gasteiger partial charge in [-0.15, -0.1) is 0 Å². The van der Waals surface area contributed by atoms with Crippen LogP contribution in [0.25, 0.3) is 0 Å². The van der Waals surface area contributed by atoms with E-state index in [1.165, 1.54) is 26.9 Å². The fraction of sp³-hybridized carbons (Fsp3) is 0.316. The van der Waals surface area contributed by atoms with Crippen molar-refractivity contribution >= 4 is 23.5 Å². The van der Waals surface area contributed by atoms with Crippen molar-refractivity contribution in [2.24, 2.45) is 0 Å². The van der Waals surface area contributed by atoms with E-state index in [0.29, 0.717) is 29.5 Å². The van der Waals surface area contributed by atoms with Gasteiger partial charge < -0.3 is 24.8 Å². The third-order valence-corrected chi connectivity index (χ3v) is 4.60. The maximum Gasteiger partial charge on any atom is 0.319 e. The van der Waals surface area contributed by atoms with Gasteiger partial charge >= 0.3 is 6.03 Å². The van der Waals surface area contributed by atoms with Crippen LogP contribution in [0.5, 0.6) is 17.2 Å². The van der Waals surface area contributed by atoms with Gasteiger partial charge in [-0.3, -0.25) is 0 Å². The minimum atomic E-state index is -0.278. The number of carbonyl (C=O) groups excluding carboxylic acids is 1. The first-order valence-electron chi connectivity index (χ1n) is 8.14. The molecule has 7 heteroatoms. The lowest BCUT2D eigenvalue weighted by molar-refractivity contribution is 0.252. The maximum absolute atomic E-state index is 12.1. The molecule has 0 aliphatic carbocycles. The zero-order chi connectivity index (χ0) is 18.8. The molecule has 140 valence electrons. The lowest BCUT2D eigenvalue weighted by atomic mass is 10.2. The summed E-state index contributed by atoms with van der Waals surface area (Å²) in [5.41, 5.74) is 1.84. The van der Waals surface area contributed by atoms with Crippen molar-refractivity contribution in [1.29, 1.82) is 0 Å². The van der Waals surface area contributed by atoms with Gasteiger partial charge in [0.1, 0.15) is 0 Å². The first-order valence-corrected chi connectivity index (χ1v) is 9.30. The lowest BCUT2D eigenvalue weighted by Gasteiger charge is -2.15. The molecule has 0 spiro atoms. The van der Waals surface area contributed by atoms with Crippen molar-refractivity contribution in [3.8, 4) is 17.2 Å². The Kier molecular flexibility index (Phi) is 7.95. The summed E-state index contributed by atoms with van der Waals surface area (Å²) in [6, 6.07) is 13.3. The van der Waals surface area contributed by atoms with Crippen molar-refractivity contribution in [1.82, 2.24) is 5.32 Å². The molecule has 0 aliphatic rings. The van der Waals surface area contributed by atoms with Gasteiger partial charge in [-0.1, -0.05) is 30.3 Å². The van der Waals surface area contributed by atoms with Crippen LogP contribution in [0, 0.1) is 0 Å². The van der Waals surface area contributed by atoms with Gasteiger partial charge in [0.25, 0.3) is 0 Å². The predicted octanol–water partition coefficient (Wildman–Crippen LogP) is 3.77. The van der Waals surface area contributed by atoms with Crippen LogP contribution in [0.3, 0.4) is 0 Å². The zero-order valence-corrected chi connectivity index (χ0v) is 16.0. The van der Waals surface area contributed by atoms with E-state index in [4.69, 9.17) is 14.2 Å². The highest BCUT2D eigenvalue weighted by atomic mass is 32.2. The number of methoxy groups -OCH3 is 3. The highest BCUT2D eigenvalue weighted by Crippen LogP contribution is 2.39. The molecule has 0 aromatic heterocycles. The number of ether oxygens (including phenoxy) is 3. The third-order valence-electron chi connectivity index (χ3n) is 3.57. The average Bonchev–Trinajstić information content (AvgIpc) is 2.67. The van der Waals surface area contributed by atoms with Crippen LogP contribution < -0.4 is 24.8 Å². The Morgan fingerprint density at radius 2 is 1.65 bits per heavy atom. The fourth-order valence-electron chi connectivity index (χ4n) is 2.33. The van der Waals surface area contributed by atoms with Gasteiger partial charge in [-0.2, -0.15) is 11.8 Å². The average molecular weight is 376 g/mol. The molecule has 2 rings (SSSR count). The van der Waals surface area contributed by atoms with Crippen LogP contribution in [-0.4, -0.2) is 39.7 Å². The van der Waals surface area contributed by atoms with Crippen LogP contribution in [-0.2, 0) is 5.75 Å². The summed E-state index contributed by atoms with van der Waals surface area (Å²) >= 11 is 1.77. The van der Waals surface area contributed by atoms with E-state index in [2.05, 4.69) is 22.8 Å². The predicted molar refractivity (Wildman–Crippen MR) is 106 cm³/mol. The second-order valence-electron chi connectivity index (χ2n) is 5.33. The summed E-state index contributed by atoms with van der Waals surface area (Å²) in [6.07, 6.45) is 0. The number of benzene rings is 2. The molecule has 0 saturated carbocycles. The van der Waals surface area contributed by atoms with Crippen LogP contribution in [0.1, 0.15) is 5.56 Å². The molecule has 2 aromatic rings. The van der Waals surface area contributed by atoms with Crippen LogP contribution >= 0.6 is 11.8 Å². The molecule has 0 fully saturated rings. The van der Waals surface area contributed by atoms with Gasteiger partial charge in [-0.05, 0) is 5.56 Å². The fourth-order valence-corrected chi connectivity index (χ4v) is 3.15. The first kappa shape index (κ1) is 19.8. The molecule has 2 amide bonds. The molecule has 0 atom stereocenters. The quantitative estimate of drug-likeness (QED) is 0.652. The van der Waals surface area contributed by atoms with Crippen LogP contribution in [0.15, 0.2) is 42.5 Å². The summed E-state index contributed by atoms with van der Waals surface area (Å²) in [5.74, 6) is 3.22. The molecular formula is C19H24N2O4S. The van der Waals surface area contributed by atoms with Crippen LogP contribution in [0.2, 0.25) is 0 Å². The summed E-state index contributed by atoms with van der Waals surface area (Å²) in [6.45, 7) is 0.577. The first-order chi connectivity index (χ1) is 12.7. The number of carbonyl (C=O) groups is 1. The molecule has 0 radical (unpaired) electrons. The summed E-state index contributed by atoms with van der Waals surface area (Å²) in [7, 11) is 4.60. The van der Waals surface area contributed by atoms with E-state index in [1.54, 1.807) is 23.9 Å². The van der Waals surface area contributed by atoms with E-state index in [0.717, 1.165) is 11.5 Å². The largest absolute Gasteiger partial charge is 0.493 e. The van der Waals surface area contributed by atoms with Crippen molar-refractivity contribution in [2.45, 2.75) is 5.75 Å². The summed E-state index contributed by atoms with van der Waals surface area (Å²) < 4.78 is 15.8. The Labute approximate surface area is 158 Å². The number of nitrogens with one attached hydrogen (secondary N) is 2. The van der Waals surface area contributed by atoms with Crippen LogP contribution in [0.4, 0.5) is 10.5 Å². The molecule has 6 nitrogen and oxygen atoms in total. The van der Waals surface area contributed by atoms with Gasteiger partial charge in [0, 0.05) is 30.2 Å². The highest BCUT2D eigenvalue weighted by molar-refractivity contribution is 7.98. The molecule has 0 unspecified atom stereocenters. The number of urea groups is 1. The number of rotatable bonds is 9. The van der Waals surface area contributed by atoms with Crippen molar-refractivity contribution in [3.63, 3.8) is 0 Å². The van der Waals surface area contributed by atoms with E-state index in [9.17, 15) is 4.79 Å². The monoisotopic (exact) mass is 376 g/mol. The molecule has 2 aromatic carbocycles. The number of thioether (sulfide) groups is 1. The van der Waals surface area contributed by atoms with Crippen molar-refractivity contribution in [2.75, 3.05) is 38.9 Å². The minimum Gasteiger partial charge on any atom is -0.493 e. The molecular weight excluding hydrogens is 352 g/mol. The van der Waals surface area contributed by atoms with E-state index in [1.807, 2.05) is 18.2 Å². The molecule has 0 heterocycles.